The number of carbonyl (C=O) groups is 1. The summed E-state index contributed by atoms with van der Waals surface area (Å²) < 4.78 is 21.8. The number of hydrogen-bond donors (Lipinski definition) is 2. The molecule has 3 N–H and O–H groups in total. The van der Waals surface area contributed by atoms with E-state index in [2.05, 4.69) is 40.8 Å². The molecule has 220 valence electrons. The summed E-state index contributed by atoms with van der Waals surface area (Å²) in [6, 6.07) is 13.2. The molecule has 2 aliphatic carbocycles. The Morgan fingerprint density at radius 2 is 1.88 bits per heavy atom. The number of nitrogens with zero attached hydrogens (tertiary/aromatic N) is 2. The van der Waals surface area contributed by atoms with Crippen LogP contribution in [0, 0.1) is 17.2 Å². The van der Waals surface area contributed by atoms with E-state index in [1.165, 1.54) is 22.8 Å². The Kier molecular flexibility index (Phi) is 7.77. The summed E-state index contributed by atoms with van der Waals surface area (Å²) in [5.74, 6) is -1.67. The standard InChI is InChI=1S/C34H38ClFN4O2/c1-33(2)13-10-25(27(21-33)23-6-8-26(35)9-7-23)22-39-15-17-40(18-16-39)34(12-4-3-5-28(34)32(37)41)42-31-19-24-11-14-38-30(24)20-29(31)36/h3-9,11-12,14,19-20,28,38H,10,13,15-18,21-22H2,1-2H3,(H2,37,41). The van der Waals surface area contributed by atoms with Crippen molar-refractivity contribution in [2.24, 2.45) is 17.1 Å². The van der Waals surface area contributed by atoms with E-state index in [9.17, 15) is 4.79 Å². The fraction of sp³-hybridized carbons (Fsp3) is 0.382. The molecule has 6 rings (SSSR count). The molecule has 3 aliphatic rings. The number of aromatic nitrogens is 1. The maximum absolute atomic E-state index is 15.3. The molecule has 0 saturated carbocycles. The molecular weight excluding hydrogens is 551 g/mol. The maximum Gasteiger partial charge on any atom is 0.230 e. The molecule has 1 aliphatic heterocycles. The van der Waals surface area contributed by atoms with Gasteiger partial charge in [-0.3, -0.25) is 14.6 Å². The van der Waals surface area contributed by atoms with Gasteiger partial charge in [0, 0.05) is 60.9 Å². The van der Waals surface area contributed by atoms with Crippen molar-refractivity contribution >= 4 is 34.0 Å². The maximum atomic E-state index is 15.3. The number of nitrogens with one attached hydrogen (secondary N) is 1. The summed E-state index contributed by atoms with van der Waals surface area (Å²) >= 11 is 6.20. The predicted molar refractivity (Wildman–Crippen MR) is 167 cm³/mol. The highest BCUT2D eigenvalue weighted by Gasteiger charge is 2.48. The lowest BCUT2D eigenvalue weighted by Gasteiger charge is -2.49. The smallest absolute Gasteiger partial charge is 0.230 e. The van der Waals surface area contributed by atoms with Gasteiger partial charge in [-0.15, -0.1) is 0 Å². The zero-order valence-electron chi connectivity index (χ0n) is 24.2. The molecule has 3 aromatic rings. The van der Waals surface area contributed by atoms with Gasteiger partial charge < -0.3 is 15.5 Å². The molecule has 42 heavy (non-hydrogen) atoms. The molecule has 2 atom stereocenters. The number of benzene rings is 2. The van der Waals surface area contributed by atoms with Crippen LogP contribution < -0.4 is 10.5 Å². The molecule has 2 aromatic carbocycles. The number of hydrogen-bond acceptors (Lipinski definition) is 4. The molecule has 2 heterocycles. The minimum atomic E-state index is -1.22. The van der Waals surface area contributed by atoms with E-state index in [4.69, 9.17) is 22.1 Å². The SMILES string of the molecule is CC1(C)CCC(CN2CCN(C3(Oc4cc5cc[nH]c5cc4F)C=CC=CC3C(N)=O)CC2)=C(c2ccc(Cl)cc2)C1. The molecule has 1 saturated heterocycles. The Morgan fingerprint density at radius 1 is 1.12 bits per heavy atom. The molecule has 6 nitrogen and oxygen atoms in total. The first kappa shape index (κ1) is 28.7. The van der Waals surface area contributed by atoms with Crippen molar-refractivity contribution in [3.8, 4) is 5.75 Å². The lowest BCUT2D eigenvalue weighted by Crippen LogP contribution is -2.64. The van der Waals surface area contributed by atoms with Crippen LogP contribution in [0.3, 0.4) is 0 Å². The summed E-state index contributed by atoms with van der Waals surface area (Å²) in [6.07, 6.45) is 12.3. The predicted octanol–water partition coefficient (Wildman–Crippen LogP) is 6.54. The number of piperazine rings is 1. The van der Waals surface area contributed by atoms with Gasteiger partial charge in [0.25, 0.3) is 0 Å². The van der Waals surface area contributed by atoms with Crippen molar-refractivity contribution in [2.75, 3.05) is 32.7 Å². The fourth-order valence-corrected chi connectivity index (χ4v) is 6.80. The van der Waals surface area contributed by atoms with Gasteiger partial charge in [-0.25, -0.2) is 4.39 Å². The van der Waals surface area contributed by atoms with E-state index >= 15 is 4.39 Å². The van der Waals surface area contributed by atoms with E-state index in [-0.39, 0.29) is 11.2 Å². The number of aromatic amines is 1. The van der Waals surface area contributed by atoms with Crippen LogP contribution in [0.25, 0.3) is 16.5 Å². The molecule has 1 aromatic heterocycles. The van der Waals surface area contributed by atoms with Crippen molar-refractivity contribution in [2.45, 2.75) is 38.8 Å². The van der Waals surface area contributed by atoms with Crippen LogP contribution in [-0.2, 0) is 4.79 Å². The number of fused-ring (bicyclic) bond motifs is 1. The van der Waals surface area contributed by atoms with Crippen molar-refractivity contribution in [3.63, 3.8) is 0 Å². The van der Waals surface area contributed by atoms with Crippen molar-refractivity contribution in [3.05, 3.63) is 94.9 Å². The molecular formula is C34H38ClFN4O2. The Labute approximate surface area is 251 Å². The number of ether oxygens (including phenoxy) is 1. The van der Waals surface area contributed by atoms with Gasteiger partial charge >= 0.3 is 0 Å². The minimum Gasteiger partial charge on any atom is -0.465 e. The summed E-state index contributed by atoms with van der Waals surface area (Å²) in [5, 5.41) is 1.58. The Hall–Kier alpha value is -3.39. The number of carbonyl (C=O) groups excluding carboxylic acids is 1. The zero-order chi connectivity index (χ0) is 29.5. The molecule has 0 bridgehead atoms. The Bertz CT molecular complexity index is 1570. The first-order chi connectivity index (χ1) is 20.1. The van der Waals surface area contributed by atoms with Gasteiger partial charge in [0.15, 0.2) is 17.3 Å². The fourth-order valence-electron chi connectivity index (χ4n) is 6.67. The largest absolute Gasteiger partial charge is 0.465 e. The number of nitrogens with two attached hydrogens (primary N) is 1. The van der Waals surface area contributed by atoms with E-state index < -0.39 is 23.4 Å². The Balaban J connectivity index is 1.25. The van der Waals surface area contributed by atoms with E-state index in [1.54, 1.807) is 24.4 Å². The third kappa shape index (κ3) is 5.65. The quantitative estimate of drug-likeness (QED) is 0.328. The number of H-pyrrole nitrogens is 1. The first-order valence-electron chi connectivity index (χ1n) is 14.7. The van der Waals surface area contributed by atoms with Gasteiger partial charge in [0.2, 0.25) is 5.91 Å². The molecule has 8 heteroatoms. The van der Waals surface area contributed by atoms with Crippen LogP contribution in [0.4, 0.5) is 4.39 Å². The summed E-state index contributed by atoms with van der Waals surface area (Å²) in [5.41, 5.74) is 9.79. The third-order valence-corrected chi connectivity index (χ3v) is 9.29. The molecule has 0 radical (unpaired) electrons. The molecule has 1 fully saturated rings. The third-order valence-electron chi connectivity index (χ3n) is 9.04. The van der Waals surface area contributed by atoms with Gasteiger partial charge in [-0.2, -0.15) is 0 Å². The van der Waals surface area contributed by atoms with Crippen LogP contribution in [0.1, 0.15) is 38.7 Å². The summed E-state index contributed by atoms with van der Waals surface area (Å²) in [6.45, 7) is 8.44. The van der Waals surface area contributed by atoms with Crippen LogP contribution in [0.5, 0.6) is 5.75 Å². The zero-order valence-corrected chi connectivity index (χ0v) is 25.0. The molecule has 1 amide bonds. The second-order valence-corrected chi connectivity index (χ2v) is 13.0. The number of rotatable bonds is 7. The van der Waals surface area contributed by atoms with E-state index in [0.29, 0.717) is 18.6 Å². The van der Waals surface area contributed by atoms with Crippen LogP contribution >= 0.6 is 11.6 Å². The highest BCUT2D eigenvalue weighted by molar-refractivity contribution is 6.30. The highest BCUT2D eigenvalue weighted by atomic mass is 35.5. The van der Waals surface area contributed by atoms with Crippen LogP contribution in [0.15, 0.2) is 78.5 Å². The molecule has 2 unspecified atom stereocenters. The monoisotopic (exact) mass is 588 g/mol. The number of amides is 1. The van der Waals surface area contributed by atoms with Crippen LogP contribution in [0.2, 0.25) is 5.02 Å². The van der Waals surface area contributed by atoms with E-state index in [0.717, 1.165) is 49.3 Å². The Morgan fingerprint density at radius 3 is 2.62 bits per heavy atom. The first-order valence-corrected chi connectivity index (χ1v) is 15.1. The van der Waals surface area contributed by atoms with Crippen LogP contribution in [-0.4, -0.2) is 59.1 Å². The van der Waals surface area contributed by atoms with E-state index in [1.807, 2.05) is 30.4 Å². The van der Waals surface area contributed by atoms with Gasteiger partial charge in [-0.05, 0) is 66.2 Å². The summed E-state index contributed by atoms with van der Waals surface area (Å²) in [4.78, 5) is 20.4. The average Bonchev–Trinajstić information content (AvgIpc) is 3.42. The van der Waals surface area contributed by atoms with Gasteiger partial charge in [0.1, 0.15) is 5.92 Å². The van der Waals surface area contributed by atoms with Crippen molar-refractivity contribution in [1.82, 2.24) is 14.8 Å². The average molecular weight is 589 g/mol. The second-order valence-electron chi connectivity index (χ2n) is 12.5. The van der Waals surface area contributed by atoms with Crippen molar-refractivity contribution in [1.29, 1.82) is 0 Å². The normalized spacial score (nSPS) is 24.8. The lowest BCUT2D eigenvalue weighted by molar-refractivity contribution is -0.139. The van der Waals surface area contributed by atoms with Gasteiger partial charge in [0.05, 0.1) is 0 Å². The van der Waals surface area contributed by atoms with Crippen molar-refractivity contribution < 1.29 is 13.9 Å². The lowest BCUT2D eigenvalue weighted by atomic mass is 9.72. The second kappa shape index (κ2) is 11.4. The number of allylic oxidation sites excluding steroid dienone is 3. The highest BCUT2D eigenvalue weighted by Crippen LogP contribution is 2.44. The number of halogens is 2. The number of primary amides is 1. The summed E-state index contributed by atoms with van der Waals surface area (Å²) in [7, 11) is 0. The molecule has 0 spiro atoms. The van der Waals surface area contributed by atoms with Gasteiger partial charge in [-0.1, -0.05) is 61.4 Å². The topological polar surface area (TPSA) is 74.6 Å². The minimum absolute atomic E-state index is 0.0957.